The smallest absolute Gasteiger partial charge is 0.390 e. The maximum atomic E-state index is 12.6. The van der Waals surface area contributed by atoms with Gasteiger partial charge in [-0.2, -0.15) is 13.2 Å². The Labute approximate surface area is 165 Å². The van der Waals surface area contributed by atoms with Crippen LogP contribution in [0.3, 0.4) is 0 Å². The van der Waals surface area contributed by atoms with Crippen LogP contribution in [0, 0.1) is 13.8 Å². The number of hydrogen-bond acceptors (Lipinski definition) is 4. The van der Waals surface area contributed by atoms with E-state index in [2.05, 4.69) is 21.4 Å². The number of furan rings is 1. The van der Waals surface area contributed by atoms with Gasteiger partial charge in [0.2, 0.25) is 0 Å². The van der Waals surface area contributed by atoms with Gasteiger partial charge in [0.1, 0.15) is 0 Å². The lowest BCUT2D eigenvalue weighted by atomic mass is 10.0. The van der Waals surface area contributed by atoms with E-state index in [1.54, 1.807) is 18.5 Å². The van der Waals surface area contributed by atoms with Crippen molar-refractivity contribution in [3.8, 4) is 22.5 Å². The van der Waals surface area contributed by atoms with Gasteiger partial charge in [-0.25, -0.2) is 9.97 Å². The summed E-state index contributed by atoms with van der Waals surface area (Å²) in [6, 6.07) is 7.85. The van der Waals surface area contributed by atoms with Crippen molar-refractivity contribution in [2.24, 2.45) is 0 Å². The summed E-state index contributed by atoms with van der Waals surface area (Å²) in [7, 11) is 0. The number of anilines is 1. The van der Waals surface area contributed by atoms with Crippen LogP contribution < -0.4 is 5.32 Å². The fourth-order valence-corrected chi connectivity index (χ4v) is 3.09. The van der Waals surface area contributed by atoms with E-state index < -0.39 is 12.6 Å². The van der Waals surface area contributed by atoms with Crippen LogP contribution in [0.5, 0.6) is 0 Å². The minimum absolute atomic E-state index is 0.285. The largest absolute Gasteiger partial charge is 0.472 e. The van der Waals surface area contributed by atoms with Crippen molar-refractivity contribution in [2.75, 3.05) is 11.9 Å². The van der Waals surface area contributed by atoms with Crippen molar-refractivity contribution in [1.29, 1.82) is 0 Å². The summed E-state index contributed by atoms with van der Waals surface area (Å²) < 4.78 is 44.7. The highest BCUT2D eigenvalue weighted by Crippen LogP contribution is 2.29. The van der Waals surface area contributed by atoms with E-state index in [-0.39, 0.29) is 6.54 Å². The lowest BCUT2D eigenvalue weighted by Gasteiger charge is -2.12. The Kier molecular flexibility index (Phi) is 4.77. The van der Waals surface area contributed by atoms with Crippen LogP contribution in [-0.2, 0) is 0 Å². The molecule has 0 saturated heterocycles. The maximum Gasteiger partial charge on any atom is 0.390 e. The number of benzene rings is 1. The molecule has 150 valence electrons. The van der Waals surface area contributed by atoms with Crippen molar-refractivity contribution < 1.29 is 17.6 Å². The summed E-state index contributed by atoms with van der Waals surface area (Å²) in [4.78, 5) is 8.90. The molecular formula is C21H19F3N4O. The number of aromatic nitrogens is 3. The number of imidazole rings is 1. The third kappa shape index (κ3) is 3.96. The molecule has 0 aliphatic heterocycles. The Bertz CT molecular complexity index is 1150. The molecule has 0 unspecified atom stereocenters. The Morgan fingerprint density at radius 1 is 1.10 bits per heavy atom. The molecule has 0 aliphatic rings. The molecule has 0 amide bonds. The van der Waals surface area contributed by atoms with Gasteiger partial charge in [-0.1, -0.05) is 12.1 Å². The van der Waals surface area contributed by atoms with E-state index in [1.807, 2.05) is 36.6 Å². The Morgan fingerprint density at radius 3 is 2.62 bits per heavy atom. The second-order valence-corrected chi connectivity index (χ2v) is 6.91. The van der Waals surface area contributed by atoms with E-state index in [1.165, 1.54) is 11.8 Å². The van der Waals surface area contributed by atoms with Crippen LogP contribution in [0.1, 0.15) is 17.5 Å². The molecule has 4 rings (SSSR count). The molecule has 0 bridgehead atoms. The minimum Gasteiger partial charge on any atom is -0.472 e. The Hall–Kier alpha value is -3.29. The molecule has 3 aromatic heterocycles. The molecule has 0 atom stereocenters. The van der Waals surface area contributed by atoms with Gasteiger partial charge < -0.3 is 9.73 Å². The van der Waals surface area contributed by atoms with Crippen LogP contribution in [0.4, 0.5) is 19.0 Å². The van der Waals surface area contributed by atoms with Crippen LogP contribution in [0.25, 0.3) is 28.2 Å². The summed E-state index contributed by atoms with van der Waals surface area (Å²) >= 11 is 0. The summed E-state index contributed by atoms with van der Waals surface area (Å²) in [5, 5.41) is 2.79. The normalized spacial score (nSPS) is 11.9. The third-order valence-electron chi connectivity index (χ3n) is 4.81. The van der Waals surface area contributed by atoms with Crippen LogP contribution >= 0.6 is 0 Å². The van der Waals surface area contributed by atoms with Crippen molar-refractivity contribution in [2.45, 2.75) is 26.4 Å². The molecule has 8 heteroatoms. The SMILES string of the molecule is Cc1ccc(-c2cnc3c(NCCC(F)(F)F)nc(-c4ccoc4)cn23)cc1C. The molecule has 4 aromatic rings. The number of halogens is 3. The second-order valence-electron chi connectivity index (χ2n) is 6.91. The van der Waals surface area contributed by atoms with Gasteiger partial charge >= 0.3 is 6.18 Å². The van der Waals surface area contributed by atoms with E-state index in [4.69, 9.17) is 4.42 Å². The second kappa shape index (κ2) is 7.27. The topological polar surface area (TPSA) is 55.4 Å². The first kappa shape index (κ1) is 19.0. The van der Waals surface area contributed by atoms with Crippen LogP contribution in [-0.4, -0.2) is 27.1 Å². The highest BCUT2D eigenvalue weighted by Gasteiger charge is 2.26. The number of hydrogen-bond donors (Lipinski definition) is 1. The monoisotopic (exact) mass is 400 g/mol. The van der Waals surface area contributed by atoms with Gasteiger partial charge in [0, 0.05) is 23.9 Å². The fourth-order valence-electron chi connectivity index (χ4n) is 3.09. The minimum atomic E-state index is -4.24. The highest BCUT2D eigenvalue weighted by atomic mass is 19.4. The van der Waals surface area contributed by atoms with Gasteiger partial charge in [-0.15, -0.1) is 0 Å². The molecule has 0 saturated carbocycles. The van der Waals surface area contributed by atoms with Gasteiger partial charge in [0.25, 0.3) is 0 Å². The summed E-state index contributed by atoms with van der Waals surface area (Å²) in [6.07, 6.45) is 1.38. The average Bonchev–Trinajstić information content (AvgIpc) is 3.32. The Balaban J connectivity index is 1.81. The van der Waals surface area contributed by atoms with Crippen molar-refractivity contribution >= 4 is 11.5 Å². The van der Waals surface area contributed by atoms with Crippen molar-refractivity contribution in [3.05, 3.63) is 60.3 Å². The quantitative estimate of drug-likeness (QED) is 0.471. The standard InChI is InChI=1S/C21H19F3N4O/c1-13-3-4-15(9-14(13)2)18-10-26-20-19(25-7-6-21(22,23)24)27-17(11-28(18)20)16-5-8-29-12-16/h3-5,8-12H,6-7H2,1-2H3,(H,25,27). The first-order valence-electron chi connectivity index (χ1n) is 9.11. The summed E-state index contributed by atoms with van der Waals surface area (Å²) in [6.45, 7) is 3.79. The van der Waals surface area contributed by atoms with Gasteiger partial charge in [-0.3, -0.25) is 4.40 Å². The number of nitrogens with zero attached hydrogens (tertiary/aromatic N) is 3. The van der Waals surface area contributed by atoms with E-state index in [9.17, 15) is 13.2 Å². The zero-order valence-electron chi connectivity index (χ0n) is 15.9. The zero-order chi connectivity index (χ0) is 20.6. The van der Waals surface area contributed by atoms with E-state index >= 15 is 0 Å². The number of nitrogens with one attached hydrogen (secondary N) is 1. The van der Waals surface area contributed by atoms with Gasteiger partial charge in [-0.05, 0) is 37.1 Å². The van der Waals surface area contributed by atoms with Crippen LogP contribution in [0.15, 0.2) is 53.6 Å². The summed E-state index contributed by atoms with van der Waals surface area (Å²) in [5.74, 6) is 0.294. The molecule has 5 nitrogen and oxygen atoms in total. The molecule has 0 aliphatic carbocycles. The first-order valence-corrected chi connectivity index (χ1v) is 9.11. The molecule has 0 radical (unpaired) electrons. The number of alkyl halides is 3. The molecule has 3 heterocycles. The molecule has 29 heavy (non-hydrogen) atoms. The van der Waals surface area contributed by atoms with Crippen molar-refractivity contribution in [3.63, 3.8) is 0 Å². The van der Waals surface area contributed by atoms with Gasteiger partial charge in [0.15, 0.2) is 11.5 Å². The molecular weight excluding hydrogens is 381 g/mol. The molecule has 0 fully saturated rings. The summed E-state index contributed by atoms with van der Waals surface area (Å²) in [5.41, 5.74) is 5.88. The third-order valence-corrected chi connectivity index (χ3v) is 4.81. The van der Waals surface area contributed by atoms with E-state index in [0.29, 0.717) is 17.2 Å². The van der Waals surface area contributed by atoms with Gasteiger partial charge in [0.05, 0.1) is 36.5 Å². The zero-order valence-corrected chi connectivity index (χ0v) is 15.9. The lowest BCUT2D eigenvalue weighted by Crippen LogP contribution is -2.15. The number of aryl methyl sites for hydroxylation is 2. The first-order chi connectivity index (χ1) is 13.8. The average molecular weight is 400 g/mol. The Morgan fingerprint density at radius 2 is 1.93 bits per heavy atom. The lowest BCUT2D eigenvalue weighted by molar-refractivity contribution is -0.131. The molecule has 1 N–H and O–H groups in total. The fraction of sp³-hybridized carbons (Fsp3) is 0.238. The number of fused-ring (bicyclic) bond motifs is 1. The molecule has 1 aromatic carbocycles. The van der Waals surface area contributed by atoms with Crippen molar-refractivity contribution in [1.82, 2.24) is 14.4 Å². The van der Waals surface area contributed by atoms with Crippen LogP contribution in [0.2, 0.25) is 0 Å². The molecule has 0 spiro atoms. The highest BCUT2D eigenvalue weighted by molar-refractivity contribution is 5.74. The predicted octanol–water partition coefficient (Wildman–Crippen LogP) is 5.64. The van der Waals surface area contributed by atoms with E-state index in [0.717, 1.165) is 22.4 Å². The number of rotatable bonds is 5. The maximum absolute atomic E-state index is 12.6. The predicted molar refractivity (Wildman–Crippen MR) is 105 cm³/mol.